The van der Waals surface area contributed by atoms with Gasteiger partial charge in [-0.2, -0.15) is 0 Å². The Morgan fingerprint density at radius 3 is 0.900 bits per heavy atom. The van der Waals surface area contributed by atoms with Gasteiger partial charge in [0.05, 0.1) is 0 Å². The third-order valence-corrected chi connectivity index (χ3v) is 10.7. The van der Waals surface area contributed by atoms with Crippen LogP contribution in [0.1, 0.15) is 52.7 Å². The Bertz CT molecular complexity index is 472. The standard InChI is InChI=1S/C22H42O6Si2/c1-7-23-29(24-8-2,25-9-3)19-17-21-13-15-22(16-14-21)18-20-30(26-10-4,27-11-5)28-12-6/h13-16H,7-12,17-20H2,1-6H3. The van der Waals surface area contributed by atoms with E-state index >= 15 is 0 Å². The fraction of sp³-hybridized carbons (Fsp3) is 0.727. The van der Waals surface area contributed by atoms with Gasteiger partial charge in [-0.1, -0.05) is 24.3 Å². The van der Waals surface area contributed by atoms with Gasteiger partial charge in [-0.25, -0.2) is 0 Å². The minimum absolute atomic E-state index is 0.607. The van der Waals surface area contributed by atoms with Crippen molar-refractivity contribution in [3.8, 4) is 0 Å². The molecule has 0 atom stereocenters. The van der Waals surface area contributed by atoms with Crippen LogP contribution in [-0.4, -0.2) is 57.3 Å². The average molecular weight is 459 g/mol. The largest absolute Gasteiger partial charge is 0.501 e. The van der Waals surface area contributed by atoms with Crippen molar-refractivity contribution in [1.82, 2.24) is 0 Å². The number of benzene rings is 1. The molecule has 0 radical (unpaired) electrons. The molecule has 0 spiro atoms. The molecule has 0 amide bonds. The highest BCUT2D eigenvalue weighted by molar-refractivity contribution is 6.61. The average Bonchev–Trinajstić information content (AvgIpc) is 2.73. The van der Waals surface area contributed by atoms with Crippen LogP contribution >= 0.6 is 0 Å². The molecule has 0 aliphatic rings. The van der Waals surface area contributed by atoms with Gasteiger partial charge in [0, 0.05) is 51.7 Å². The second kappa shape index (κ2) is 15.3. The van der Waals surface area contributed by atoms with E-state index in [0.717, 1.165) is 24.9 Å². The summed E-state index contributed by atoms with van der Waals surface area (Å²) in [6, 6.07) is 10.3. The monoisotopic (exact) mass is 458 g/mol. The van der Waals surface area contributed by atoms with Gasteiger partial charge in [0.1, 0.15) is 0 Å². The smallest absolute Gasteiger partial charge is 0.374 e. The molecule has 0 aliphatic heterocycles. The maximum absolute atomic E-state index is 5.96. The maximum Gasteiger partial charge on any atom is 0.501 e. The van der Waals surface area contributed by atoms with Crippen molar-refractivity contribution >= 4 is 17.6 Å². The van der Waals surface area contributed by atoms with Gasteiger partial charge >= 0.3 is 17.6 Å². The van der Waals surface area contributed by atoms with Crippen LogP contribution in [0.15, 0.2) is 24.3 Å². The molecular weight excluding hydrogens is 416 g/mol. The van der Waals surface area contributed by atoms with Crippen molar-refractivity contribution in [2.45, 2.75) is 66.5 Å². The minimum atomic E-state index is -2.60. The quantitative estimate of drug-likeness (QED) is 0.293. The van der Waals surface area contributed by atoms with Crippen LogP contribution in [0.3, 0.4) is 0 Å². The van der Waals surface area contributed by atoms with Gasteiger partial charge in [0.25, 0.3) is 0 Å². The molecule has 0 N–H and O–H groups in total. The van der Waals surface area contributed by atoms with Crippen LogP contribution in [0.4, 0.5) is 0 Å². The van der Waals surface area contributed by atoms with Crippen molar-refractivity contribution in [3.63, 3.8) is 0 Å². The van der Waals surface area contributed by atoms with E-state index in [9.17, 15) is 0 Å². The molecule has 30 heavy (non-hydrogen) atoms. The lowest BCUT2D eigenvalue weighted by Gasteiger charge is -2.28. The summed E-state index contributed by atoms with van der Waals surface area (Å²) >= 11 is 0. The molecule has 0 unspecified atom stereocenters. The highest BCUT2D eigenvalue weighted by Gasteiger charge is 2.40. The summed E-state index contributed by atoms with van der Waals surface area (Å²) in [6.07, 6.45) is 1.75. The molecule has 0 bridgehead atoms. The number of rotatable bonds is 18. The Kier molecular flexibility index (Phi) is 14.0. The minimum Gasteiger partial charge on any atom is -0.374 e. The summed E-state index contributed by atoms with van der Waals surface area (Å²) in [5.41, 5.74) is 2.52. The van der Waals surface area contributed by atoms with Gasteiger partial charge in [-0.3, -0.25) is 0 Å². The summed E-state index contributed by atoms with van der Waals surface area (Å²) in [5, 5.41) is 0. The molecule has 0 saturated carbocycles. The Balaban J connectivity index is 2.73. The Morgan fingerprint density at radius 1 is 0.467 bits per heavy atom. The van der Waals surface area contributed by atoms with Crippen LogP contribution in [-0.2, 0) is 39.4 Å². The summed E-state index contributed by atoms with van der Waals surface area (Å²) in [6.45, 7) is 15.6. The molecule has 8 heteroatoms. The predicted octanol–water partition coefficient (Wildman–Crippen LogP) is 4.87. The zero-order chi connectivity index (χ0) is 22.3. The first kappa shape index (κ1) is 27.4. The first-order valence-corrected chi connectivity index (χ1v) is 15.3. The van der Waals surface area contributed by atoms with Crippen LogP contribution in [0.25, 0.3) is 0 Å². The Labute approximate surface area is 185 Å². The SMILES string of the molecule is CCO[Si](CCc1ccc(CC[Si](OCC)(OCC)OCC)cc1)(OCC)OCC. The third-order valence-electron chi connectivity index (χ3n) is 4.65. The van der Waals surface area contributed by atoms with Crippen molar-refractivity contribution in [1.29, 1.82) is 0 Å². The lowest BCUT2D eigenvalue weighted by atomic mass is 10.1. The lowest BCUT2D eigenvalue weighted by Crippen LogP contribution is -2.46. The molecule has 0 aromatic heterocycles. The molecule has 174 valence electrons. The Hall–Kier alpha value is -0.586. The number of aryl methyl sites for hydroxylation is 2. The molecule has 0 fully saturated rings. The topological polar surface area (TPSA) is 55.4 Å². The first-order valence-electron chi connectivity index (χ1n) is 11.4. The van der Waals surface area contributed by atoms with Crippen LogP contribution in [0, 0.1) is 0 Å². The van der Waals surface area contributed by atoms with Gasteiger partial charge in [0.15, 0.2) is 0 Å². The van der Waals surface area contributed by atoms with Gasteiger partial charge < -0.3 is 26.6 Å². The third kappa shape index (κ3) is 9.27. The van der Waals surface area contributed by atoms with E-state index < -0.39 is 17.6 Å². The van der Waals surface area contributed by atoms with Crippen molar-refractivity contribution in [2.24, 2.45) is 0 Å². The predicted molar refractivity (Wildman–Crippen MR) is 125 cm³/mol. The van der Waals surface area contributed by atoms with E-state index in [4.69, 9.17) is 26.6 Å². The van der Waals surface area contributed by atoms with E-state index in [1.54, 1.807) is 0 Å². The van der Waals surface area contributed by atoms with Gasteiger partial charge in [-0.15, -0.1) is 0 Å². The fourth-order valence-corrected chi connectivity index (χ4v) is 8.66. The van der Waals surface area contributed by atoms with Crippen molar-refractivity contribution in [2.75, 3.05) is 39.6 Å². The molecule has 1 aromatic carbocycles. The zero-order valence-electron chi connectivity index (χ0n) is 19.8. The van der Waals surface area contributed by atoms with E-state index in [-0.39, 0.29) is 0 Å². The Morgan fingerprint density at radius 2 is 0.700 bits per heavy atom. The summed E-state index contributed by atoms with van der Waals surface area (Å²) < 4.78 is 35.7. The molecule has 0 heterocycles. The second-order valence-electron chi connectivity index (χ2n) is 6.78. The maximum atomic E-state index is 5.96. The zero-order valence-corrected chi connectivity index (χ0v) is 21.8. The second-order valence-corrected chi connectivity index (χ2v) is 12.2. The van der Waals surface area contributed by atoms with Crippen LogP contribution in [0.5, 0.6) is 0 Å². The summed E-state index contributed by atoms with van der Waals surface area (Å²) in [5.74, 6) is 0. The lowest BCUT2D eigenvalue weighted by molar-refractivity contribution is 0.0705. The highest BCUT2D eigenvalue weighted by Crippen LogP contribution is 2.22. The van der Waals surface area contributed by atoms with Crippen LogP contribution < -0.4 is 0 Å². The number of hydrogen-bond acceptors (Lipinski definition) is 6. The fourth-order valence-electron chi connectivity index (χ4n) is 3.47. The van der Waals surface area contributed by atoms with E-state index in [1.165, 1.54) is 11.1 Å². The number of hydrogen-bond donors (Lipinski definition) is 0. The normalized spacial score (nSPS) is 12.5. The molecule has 0 aliphatic carbocycles. The molecule has 1 rings (SSSR count). The van der Waals surface area contributed by atoms with E-state index in [0.29, 0.717) is 39.6 Å². The van der Waals surface area contributed by atoms with Crippen molar-refractivity contribution < 1.29 is 26.6 Å². The van der Waals surface area contributed by atoms with Crippen molar-refractivity contribution in [3.05, 3.63) is 35.4 Å². The van der Waals surface area contributed by atoms with E-state index in [2.05, 4.69) is 24.3 Å². The van der Waals surface area contributed by atoms with E-state index in [1.807, 2.05) is 41.5 Å². The first-order chi connectivity index (χ1) is 14.5. The molecule has 1 aromatic rings. The molecule has 6 nitrogen and oxygen atoms in total. The highest BCUT2D eigenvalue weighted by atomic mass is 28.4. The summed E-state index contributed by atoms with van der Waals surface area (Å²) in [7, 11) is -5.21. The van der Waals surface area contributed by atoms with Crippen LogP contribution in [0.2, 0.25) is 12.1 Å². The summed E-state index contributed by atoms with van der Waals surface area (Å²) in [4.78, 5) is 0. The molecule has 0 saturated heterocycles. The van der Waals surface area contributed by atoms with Gasteiger partial charge in [0.2, 0.25) is 0 Å². The van der Waals surface area contributed by atoms with Gasteiger partial charge in [-0.05, 0) is 65.5 Å². The molecular formula is C22H42O6Si2.